The van der Waals surface area contributed by atoms with Crippen molar-refractivity contribution in [2.24, 2.45) is 0 Å². The first-order valence-corrected chi connectivity index (χ1v) is 10.6. The van der Waals surface area contributed by atoms with Crippen LogP contribution < -0.4 is 0 Å². The van der Waals surface area contributed by atoms with Crippen molar-refractivity contribution in [1.82, 2.24) is 0 Å². The molecule has 11 heavy (non-hydrogen) atoms. The minimum atomic E-state index is -0.826. The summed E-state index contributed by atoms with van der Waals surface area (Å²) < 4.78 is 0. The van der Waals surface area contributed by atoms with E-state index in [4.69, 9.17) is 17.0 Å². The van der Waals surface area contributed by atoms with Crippen molar-refractivity contribution in [1.29, 1.82) is 0 Å². The van der Waals surface area contributed by atoms with E-state index in [0.717, 1.165) is 0 Å². The van der Waals surface area contributed by atoms with Gasteiger partial charge >= 0.3 is 37.9 Å². The van der Waals surface area contributed by atoms with Crippen molar-refractivity contribution in [2.75, 3.05) is 0 Å². The molecule has 0 rings (SSSR count). The summed E-state index contributed by atoms with van der Waals surface area (Å²) >= 11 is -0.826. The Hall–Kier alpha value is 1.46. The zero-order valence-electron chi connectivity index (χ0n) is 7.50. The summed E-state index contributed by atoms with van der Waals surface area (Å²) in [6.07, 6.45) is 8.49. The summed E-state index contributed by atoms with van der Waals surface area (Å²) in [6, 6.07) is 0. The SMILES string of the molecule is CCCCCCCC.[Cl][Zr][Cl]. The molecule has 0 saturated heterocycles. The van der Waals surface area contributed by atoms with E-state index >= 15 is 0 Å². The van der Waals surface area contributed by atoms with Crippen LogP contribution in [-0.4, -0.2) is 0 Å². The predicted octanol–water partition coefficient (Wildman–Crippen LogP) is 4.74. The summed E-state index contributed by atoms with van der Waals surface area (Å²) in [5.74, 6) is 0. The molecule has 0 aromatic heterocycles. The van der Waals surface area contributed by atoms with Gasteiger partial charge in [0.1, 0.15) is 0 Å². The van der Waals surface area contributed by atoms with Crippen molar-refractivity contribution in [3.63, 3.8) is 0 Å². The molecule has 0 unspecified atom stereocenters. The summed E-state index contributed by atoms with van der Waals surface area (Å²) in [5.41, 5.74) is 0. The van der Waals surface area contributed by atoms with E-state index in [1.165, 1.54) is 38.5 Å². The van der Waals surface area contributed by atoms with Gasteiger partial charge in [0.25, 0.3) is 0 Å². The zero-order valence-corrected chi connectivity index (χ0v) is 11.5. The van der Waals surface area contributed by atoms with E-state index in [1.54, 1.807) is 0 Å². The molecular formula is C8H18Cl2Zr. The second-order valence-corrected chi connectivity index (χ2v) is 6.22. The first-order chi connectivity index (χ1) is 5.33. The second-order valence-electron chi connectivity index (χ2n) is 2.49. The Morgan fingerprint density at radius 3 is 1.27 bits per heavy atom. The second kappa shape index (κ2) is 17.5. The first-order valence-electron chi connectivity index (χ1n) is 4.29. The maximum absolute atomic E-state index is 4.93. The fourth-order valence-corrected chi connectivity index (χ4v) is 0.854. The Morgan fingerprint density at radius 1 is 0.818 bits per heavy atom. The summed E-state index contributed by atoms with van der Waals surface area (Å²) in [7, 11) is 9.87. The fraction of sp³-hybridized carbons (Fsp3) is 1.00. The van der Waals surface area contributed by atoms with Gasteiger partial charge < -0.3 is 0 Å². The summed E-state index contributed by atoms with van der Waals surface area (Å²) in [5, 5.41) is 0. The van der Waals surface area contributed by atoms with E-state index in [2.05, 4.69) is 13.8 Å². The quantitative estimate of drug-likeness (QED) is 0.636. The van der Waals surface area contributed by atoms with Crippen LogP contribution in [0, 0.1) is 0 Å². The van der Waals surface area contributed by atoms with Gasteiger partial charge in [-0.2, -0.15) is 0 Å². The van der Waals surface area contributed by atoms with Crippen LogP contribution in [0.2, 0.25) is 0 Å². The fourth-order valence-electron chi connectivity index (χ4n) is 0.854. The van der Waals surface area contributed by atoms with Gasteiger partial charge in [-0.3, -0.25) is 0 Å². The van der Waals surface area contributed by atoms with Crippen LogP contribution >= 0.6 is 17.0 Å². The molecule has 0 amide bonds. The van der Waals surface area contributed by atoms with Crippen LogP contribution in [0.4, 0.5) is 0 Å². The van der Waals surface area contributed by atoms with Crippen molar-refractivity contribution in [2.45, 2.75) is 52.4 Å². The monoisotopic (exact) mass is 274 g/mol. The molecular weight excluding hydrogens is 258 g/mol. The van der Waals surface area contributed by atoms with Crippen LogP contribution in [0.1, 0.15) is 52.4 Å². The molecule has 0 aliphatic rings. The van der Waals surface area contributed by atoms with Crippen LogP contribution in [-0.2, 0) is 20.8 Å². The third-order valence-electron chi connectivity index (χ3n) is 1.46. The molecule has 0 aromatic carbocycles. The Balaban J connectivity index is 0. The van der Waals surface area contributed by atoms with Crippen molar-refractivity contribution < 1.29 is 20.8 Å². The summed E-state index contributed by atoms with van der Waals surface area (Å²) in [6.45, 7) is 4.51. The van der Waals surface area contributed by atoms with Crippen LogP contribution in [0.15, 0.2) is 0 Å². The predicted molar refractivity (Wildman–Crippen MR) is 50.8 cm³/mol. The molecule has 0 aliphatic carbocycles. The molecule has 0 aliphatic heterocycles. The standard InChI is InChI=1S/C8H18.2ClH.Zr/c1-3-5-7-8-6-4-2;;;/h3-8H2,1-2H3;2*1H;/q;;;+2/p-2. The van der Waals surface area contributed by atoms with Gasteiger partial charge in [0.2, 0.25) is 0 Å². The van der Waals surface area contributed by atoms with Crippen molar-refractivity contribution in [3.05, 3.63) is 0 Å². The van der Waals surface area contributed by atoms with E-state index in [9.17, 15) is 0 Å². The molecule has 0 saturated carbocycles. The molecule has 0 aromatic rings. The third-order valence-corrected chi connectivity index (χ3v) is 1.46. The van der Waals surface area contributed by atoms with E-state index in [1.807, 2.05) is 0 Å². The van der Waals surface area contributed by atoms with Gasteiger partial charge in [-0.25, -0.2) is 0 Å². The van der Waals surface area contributed by atoms with E-state index in [0.29, 0.717) is 0 Å². The van der Waals surface area contributed by atoms with Gasteiger partial charge in [0, 0.05) is 0 Å². The normalized spacial score (nSPS) is 8.36. The average Bonchev–Trinajstić information content (AvgIpc) is 2.00. The van der Waals surface area contributed by atoms with Crippen LogP contribution in [0.3, 0.4) is 0 Å². The number of unbranched alkanes of at least 4 members (excludes halogenated alkanes) is 5. The molecule has 0 N–H and O–H groups in total. The van der Waals surface area contributed by atoms with Crippen LogP contribution in [0.25, 0.3) is 0 Å². The van der Waals surface area contributed by atoms with Gasteiger partial charge in [0.05, 0.1) is 0 Å². The first kappa shape index (κ1) is 15.0. The molecule has 68 valence electrons. The minimum absolute atomic E-state index is 0.826. The van der Waals surface area contributed by atoms with Gasteiger partial charge in [-0.05, 0) is 0 Å². The maximum atomic E-state index is 4.93. The molecule has 3 heteroatoms. The molecule has 0 heterocycles. The molecule has 0 atom stereocenters. The molecule has 0 nitrogen and oxygen atoms in total. The zero-order chi connectivity index (χ0) is 8.95. The van der Waals surface area contributed by atoms with Gasteiger partial charge in [-0.1, -0.05) is 52.4 Å². The number of hydrogen-bond donors (Lipinski definition) is 0. The van der Waals surface area contributed by atoms with Gasteiger partial charge in [-0.15, -0.1) is 0 Å². The number of halogens is 2. The van der Waals surface area contributed by atoms with Crippen molar-refractivity contribution >= 4 is 17.0 Å². The molecule has 0 fully saturated rings. The summed E-state index contributed by atoms with van der Waals surface area (Å²) in [4.78, 5) is 0. The Kier molecular flexibility index (Phi) is 23.8. The Labute approximate surface area is 89.7 Å². The van der Waals surface area contributed by atoms with E-state index < -0.39 is 20.8 Å². The Bertz CT molecular complexity index is 45.4. The number of hydrogen-bond acceptors (Lipinski definition) is 0. The van der Waals surface area contributed by atoms with E-state index in [-0.39, 0.29) is 0 Å². The number of rotatable bonds is 5. The molecule has 0 radical (unpaired) electrons. The van der Waals surface area contributed by atoms with Crippen molar-refractivity contribution in [3.8, 4) is 0 Å². The van der Waals surface area contributed by atoms with Crippen LogP contribution in [0.5, 0.6) is 0 Å². The molecule has 0 bridgehead atoms. The van der Waals surface area contributed by atoms with Gasteiger partial charge in [0.15, 0.2) is 0 Å². The topological polar surface area (TPSA) is 0 Å². The average molecular weight is 276 g/mol. The molecule has 0 spiro atoms. The Morgan fingerprint density at radius 2 is 1.09 bits per heavy atom. The third kappa shape index (κ3) is 24.6.